The number of hydrogen-bond acceptors (Lipinski definition) is 2. The molecule has 0 radical (unpaired) electrons. The molecule has 94 valence electrons. The van der Waals surface area contributed by atoms with Crippen LogP contribution in [0.2, 0.25) is 0 Å². The zero-order valence-electron chi connectivity index (χ0n) is 11.1. The van der Waals surface area contributed by atoms with Gasteiger partial charge in [-0.25, -0.2) is 0 Å². The molecule has 0 saturated heterocycles. The second kappa shape index (κ2) is 6.55. The molecule has 2 nitrogen and oxygen atoms in total. The maximum atomic E-state index is 11.5. The lowest BCUT2D eigenvalue weighted by Gasteiger charge is -2.31. The summed E-state index contributed by atoms with van der Waals surface area (Å²) in [6.07, 6.45) is 2.21. The molecule has 0 aliphatic rings. The van der Waals surface area contributed by atoms with Gasteiger partial charge in [0, 0.05) is 6.54 Å². The molecule has 1 aromatic carbocycles. The first-order valence-electron chi connectivity index (χ1n) is 6.40. The maximum absolute atomic E-state index is 11.5. The summed E-state index contributed by atoms with van der Waals surface area (Å²) in [7, 11) is 0. The quantitative estimate of drug-likeness (QED) is 0.675. The number of carbonyl (C=O) groups is 1. The first-order valence-corrected chi connectivity index (χ1v) is 6.40. The Morgan fingerprint density at radius 3 is 2.35 bits per heavy atom. The molecule has 0 aromatic heterocycles. The summed E-state index contributed by atoms with van der Waals surface area (Å²) in [6.45, 7) is 9.17. The van der Waals surface area contributed by atoms with Crippen molar-refractivity contribution in [2.75, 3.05) is 19.6 Å². The molecule has 0 aliphatic carbocycles. The van der Waals surface area contributed by atoms with Gasteiger partial charge in [0.05, 0.1) is 5.41 Å². The number of nitrogens with zero attached hydrogens (tertiary/aromatic N) is 1. The second-order valence-corrected chi connectivity index (χ2v) is 4.77. The van der Waals surface area contributed by atoms with Gasteiger partial charge in [-0.05, 0) is 32.0 Å². The molecule has 0 spiro atoms. The highest BCUT2D eigenvalue weighted by Gasteiger charge is 2.27. The van der Waals surface area contributed by atoms with Gasteiger partial charge in [-0.1, -0.05) is 44.2 Å². The molecule has 0 N–H and O–H groups in total. The van der Waals surface area contributed by atoms with Gasteiger partial charge < -0.3 is 9.69 Å². The summed E-state index contributed by atoms with van der Waals surface area (Å²) in [4.78, 5) is 13.8. The van der Waals surface area contributed by atoms with E-state index in [-0.39, 0.29) is 0 Å². The fraction of sp³-hybridized carbons (Fsp3) is 0.533. The third kappa shape index (κ3) is 3.67. The van der Waals surface area contributed by atoms with Crippen molar-refractivity contribution in [2.45, 2.75) is 32.6 Å². The predicted molar refractivity (Wildman–Crippen MR) is 72.3 cm³/mol. The maximum Gasteiger partial charge on any atom is 0.131 e. The Hall–Kier alpha value is -1.15. The average Bonchev–Trinajstić information content (AvgIpc) is 2.39. The Morgan fingerprint density at radius 1 is 1.24 bits per heavy atom. The lowest BCUT2D eigenvalue weighted by Crippen LogP contribution is -2.40. The first kappa shape index (κ1) is 13.9. The standard InChI is InChI=1S/C15H23NO/c1-4-11-16(5-2)12-15(3,13-17)14-9-7-6-8-10-14/h6-10,13H,4-5,11-12H2,1-3H3. The van der Waals surface area contributed by atoms with Gasteiger partial charge in [0.15, 0.2) is 0 Å². The van der Waals surface area contributed by atoms with Crippen LogP contribution in [0, 0.1) is 0 Å². The van der Waals surface area contributed by atoms with Crippen molar-refractivity contribution in [1.29, 1.82) is 0 Å². The molecular weight excluding hydrogens is 210 g/mol. The van der Waals surface area contributed by atoms with Crippen LogP contribution in [0.1, 0.15) is 32.8 Å². The molecule has 1 aromatic rings. The molecule has 2 heteroatoms. The third-order valence-electron chi connectivity index (χ3n) is 3.23. The van der Waals surface area contributed by atoms with Gasteiger partial charge >= 0.3 is 0 Å². The summed E-state index contributed by atoms with van der Waals surface area (Å²) in [5, 5.41) is 0. The van der Waals surface area contributed by atoms with E-state index in [0.29, 0.717) is 0 Å². The van der Waals surface area contributed by atoms with E-state index in [1.54, 1.807) is 0 Å². The van der Waals surface area contributed by atoms with Crippen LogP contribution >= 0.6 is 0 Å². The van der Waals surface area contributed by atoms with Crippen LogP contribution in [0.5, 0.6) is 0 Å². The Balaban J connectivity index is 2.85. The number of aldehydes is 1. The molecule has 1 unspecified atom stereocenters. The molecule has 0 fully saturated rings. The highest BCUT2D eigenvalue weighted by molar-refractivity contribution is 5.68. The Labute approximate surface area is 105 Å². The van der Waals surface area contributed by atoms with E-state index in [4.69, 9.17) is 0 Å². The Morgan fingerprint density at radius 2 is 1.88 bits per heavy atom. The zero-order valence-corrected chi connectivity index (χ0v) is 11.1. The van der Waals surface area contributed by atoms with Gasteiger partial charge in [0.1, 0.15) is 6.29 Å². The van der Waals surface area contributed by atoms with Gasteiger partial charge in [-0.2, -0.15) is 0 Å². The fourth-order valence-electron chi connectivity index (χ4n) is 2.15. The van der Waals surface area contributed by atoms with Crippen LogP contribution in [0.4, 0.5) is 0 Å². The number of likely N-dealkylation sites (N-methyl/N-ethyl adjacent to an activating group) is 1. The second-order valence-electron chi connectivity index (χ2n) is 4.77. The van der Waals surface area contributed by atoms with Gasteiger partial charge in [0.25, 0.3) is 0 Å². The van der Waals surface area contributed by atoms with Gasteiger partial charge in [0.2, 0.25) is 0 Å². The molecule has 1 rings (SSSR count). The van der Waals surface area contributed by atoms with Crippen molar-refractivity contribution < 1.29 is 4.79 Å². The van der Waals surface area contributed by atoms with Crippen molar-refractivity contribution in [2.24, 2.45) is 0 Å². The summed E-state index contributed by atoms with van der Waals surface area (Å²) in [5.41, 5.74) is 0.705. The van der Waals surface area contributed by atoms with Crippen LogP contribution in [-0.2, 0) is 10.2 Å². The Bertz CT molecular complexity index is 336. The highest BCUT2D eigenvalue weighted by atomic mass is 16.1. The molecule has 0 bridgehead atoms. The van der Waals surface area contributed by atoms with Crippen LogP contribution in [-0.4, -0.2) is 30.8 Å². The Kier molecular flexibility index (Phi) is 5.36. The van der Waals surface area contributed by atoms with Crippen molar-refractivity contribution >= 4 is 6.29 Å². The third-order valence-corrected chi connectivity index (χ3v) is 3.23. The predicted octanol–water partition coefficient (Wildman–Crippen LogP) is 2.88. The molecule has 17 heavy (non-hydrogen) atoms. The topological polar surface area (TPSA) is 20.3 Å². The fourth-order valence-corrected chi connectivity index (χ4v) is 2.15. The lowest BCUT2D eigenvalue weighted by molar-refractivity contribution is -0.112. The van der Waals surface area contributed by atoms with Crippen molar-refractivity contribution in [1.82, 2.24) is 4.90 Å². The van der Waals surface area contributed by atoms with Gasteiger partial charge in [-0.3, -0.25) is 0 Å². The number of carbonyl (C=O) groups excluding carboxylic acids is 1. The molecule has 0 aliphatic heterocycles. The molecule has 1 atom stereocenters. The molecule has 0 amide bonds. The van der Waals surface area contributed by atoms with E-state index in [1.165, 1.54) is 0 Å². The minimum absolute atomic E-state index is 0.396. The summed E-state index contributed by atoms with van der Waals surface area (Å²) in [6, 6.07) is 10.0. The van der Waals surface area contributed by atoms with Crippen LogP contribution in [0.3, 0.4) is 0 Å². The number of benzene rings is 1. The summed E-state index contributed by atoms with van der Waals surface area (Å²) < 4.78 is 0. The SMILES string of the molecule is CCCN(CC)CC(C)(C=O)c1ccccc1. The highest BCUT2D eigenvalue weighted by Crippen LogP contribution is 2.22. The average molecular weight is 233 g/mol. The van der Waals surface area contributed by atoms with Crippen molar-refractivity contribution in [3.8, 4) is 0 Å². The van der Waals surface area contributed by atoms with Crippen LogP contribution < -0.4 is 0 Å². The smallest absolute Gasteiger partial charge is 0.131 e. The number of rotatable bonds is 7. The van der Waals surface area contributed by atoms with E-state index in [2.05, 4.69) is 18.7 Å². The minimum atomic E-state index is -0.396. The van der Waals surface area contributed by atoms with Crippen molar-refractivity contribution in [3.05, 3.63) is 35.9 Å². The largest absolute Gasteiger partial charge is 0.302 e. The molecule has 0 heterocycles. The summed E-state index contributed by atoms with van der Waals surface area (Å²) >= 11 is 0. The van der Waals surface area contributed by atoms with E-state index < -0.39 is 5.41 Å². The zero-order chi connectivity index (χ0) is 12.7. The normalized spacial score (nSPS) is 14.6. The van der Waals surface area contributed by atoms with Crippen LogP contribution in [0.15, 0.2) is 30.3 Å². The van der Waals surface area contributed by atoms with Gasteiger partial charge in [-0.15, -0.1) is 0 Å². The van der Waals surface area contributed by atoms with E-state index in [1.807, 2.05) is 37.3 Å². The lowest BCUT2D eigenvalue weighted by atomic mass is 9.83. The van der Waals surface area contributed by atoms with E-state index in [9.17, 15) is 4.79 Å². The first-order chi connectivity index (χ1) is 8.16. The van der Waals surface area contributed by atoms with Crippen molar-refractivity contribution in [3.63, 3.8) is 0 Å². The minimum Gasteiger partial charge on any atom is -0.302 e. The molecule has 0 saturated carbocycles. The molecular formula is C15H23NO. The summed E-state index contributed by atoms with van der Waals surface area (Å²) in [5.74, 6) is 0. The monoisotopic (exact) mass is 233 g/mol. The van der Waals surface area contributed by atoms with E-state index >= 15 is 0 Å². The van der Waals surface area contributed by atoms with E-state index in [0.717, 1.165) is 37.9 Å². The van der Waals surface area contributed by atoms with Crippen LogP contribution in [0.25, 0.3) is 0 Å². The number of hydrogen-bond donors (Lipinski definition) is 0.